The Labute approximate surface area is 177 Å². The first kappa shape index (κ1) is 19.5. The van der Waals surface area contributed by atoms with E-state index in [1.165, 1.54) is 11.3 Å². The topological polar surface area (TPSA) is 84.0 Å². The number of nitrogens with zero attached hydrogens (tertiary/aromatic N) is 2. The van der Waals surface area contributed by atoms with E-state index < -0.39 is 0 Å². The fraction of sp³-hybridized carbons (Fsp3) is 0.238. The van der Waals surface area contributed by atoms with Crippen LogP contribution in [0, 0.1) is 0 Å². The third-order valence-electron chi connectivity index (χ3n) is 4.81. The molecule has 0 spiro atoms. The molecule has 148 valence electrons. The maximum atomic E-state index is 12.8. The average Bonchev–Trinajstić information content (AvgIpc) is 3.15. The van der Waals surface area contributed by atoms with Crippen molar-refractivity contribution >= 4 is 39.9 Å². The number of amides is 2. The van der Waals surface area contributed by atoms with Crippen LogP contribution in [0.4, 0.5) is 5.13 Å². The lowest BCUT2D eigenvalue weighted by atomic mass is 9.90. The molecule has 4 rings (SSSR count). The minimum absolute atomic E-state index is 0.0383. The Bertz CT molecular complexity index is 1020. The zero-order valence-electron chi connectivity index (χ0n) is 15.5. The maximum Gasteiger partial charge on any atom is 0.257 e. The number of hydrogen-bond donors (Lipinski definition) is 2. The van der Waals surface area contributed by atoms with E-state index in [0.29, 0.717) is 22.3 Å². The van der Waals surface area contributed by atoms with Gasteiger partial charge >= 0.3 is 0 Å². The fourth-order valence-corrected chi connectivity index (χ4v) is 4.50. The molecule has 1 aliphatic rings. The summed E-state index contributed by atoms with van der Waals surface area (Å²) in [6.45, 7) is 0.456. The number of carbonyl (C=O) groups excluding carboxylic acids is 2. The normalized spacial score (nSPS) is 15.4. The van der Waals surface area contributed by atoms with E-state index in [2.05, 4.69) is 20.6 Å². The Balaban J connectivity index is 1.45. The van der Waals surface area contributed by atoms with Gasteiger partial charge in [-0.15, -0.1) is 11.3 Å². The molecule has 0 aliphatic heterocycles. The smallest absolute Gasteiger partial charge is 0.257 e. The van der Waals surface area contributed by atoms with Gasteiger partial charge < -0.3 is 5.32 Å². The lowest BCUT2D eigenvalue weighted by Crippen LogP contribution is -2.31. The fourth-order valence-electron chi connectivity index (χ4n) is 3.31. The molecular weight excluding hydrogens is 408 g/mol. The molecule has 2 heterocycles. The summed E-state index contributed by atoms with van der Waals surface area (Å²) in [4.78, 5) is 34.8. The van der Waals surface area contributed by atoms with Crippen molar-refractivity contribution in [3.8, 4) is 0 Å². The predicted octanol–water partition coefficient (Wildman–Crippen LogP) is 4.18. The van der Waals surface area contributed by atoms with Gasteiger partial charge in [0.1, 0.15) is 0 Å². The number of carbonyl (C=O) groups is 2. The molecule has 1 aliphatic carbocycles. The van der Waals surface area contributed by atoms with Crippen molar-refractivity contribution in [3.05, 3.63) is 75.5 Å². The number of rotatable bonds is 5. The Morgan fingerprint density at radius 1 is 1.14 bits per heavy atom. The van der Waals surface area contributed by atoms with Crippen LogP contribution in [0.25, 0.3) is 0 Å². The summed E-state index contributed by atoms with van der Waals surface area (Å²) in [5.41, 5.74) is 2.28. The largest absolute Gasteiger partial charge is 0.351 e. The van der Waals surface area contributed by atoms with E-state index in [-0.39, 0.29) is 17.7 Å². The quantitative estimate of drug-likeness (QED) is 0.641. The zero-order chi connectivity index (χ0) is 20.2. The average molecular weight is 427 g/mol. The number of hydrogen-bond acceptors (Lipinski definition) is 5. The summed E-state index contributed by atoms with van der Waals surface area (Å²) in [7, 11) is 0. The first-order valence-corrected chi connectivity index (χ1v) is 10.5. The SMILES string of the molecule is O=C(Nc1nc2c(s1)CCC[C@H]2C(=O)NCc1ccncc1)c1ccc(Cl)cc1. The monoisotopic (exact) mass is 426 g/mol. The molecule has 1 aromatic carbocycles. The number of aromatic nitrogens is 2. The predicted molar refractivity (Wildman–Crippen MR) is 113 cm³/mol. The molecule has 2 amide bonds. The molecule has 8 heteroatoms. The van der Waals surface area contributed by atoms with Crippen LogP contribution in [0.2, 0.25) is 5.02 Å². The second kappa shape index (κ2) is 8.71. The van der Waals surface area contributed by atoms with Gasteiger partial charge in [0.15, 0.2) is 5.13 Å². The number of thiazole rings is 1. The second-order valence-electron chi connectivity index (χ2n) is 6.81. The molecule has 29 heavy (non-hydrogen) atoms. The van der Waals surface area contributed by atoms with Crippen molar-refractivity contribution in [1.29, 1.82) is 0 Å². The van der Waals surface area contributed by atoms with E-state index in [0.717, 1.165) is 35.4 Å². The molecule has 0 unspecified atom stereocenters. The molecule has 0 radical (unpaired) electrons. The summed E-state index contributed by atoms with van der Waals surface area (Å²) in [6.07, 6.45) is 5.96. The third-order valence-corrected chi connectivity index (χ3v) is 6.11. The third kappa shape index (κ3) is 4.63. The van der Waals surface area contributed by atoms with Gasteiger partial charge in [0.25, 0.3) is 5.91 Å². The first-order chi connectivity index (χ1) is 14.1. The van der Waals surface area contributed by atoms with Crippen LogP contribution in [0.3, 0.4) is 0 Å². The van der Waals surface area contributed by atoms with Gasteiger partial charge in [0.05, 0.1) is 11.6 Å². The molecule has 6 nitrogen and oxygen atoms in total. The Morgan fingerprint density at radius 3 is 2.66 bits per heavy atom. The van der Waals surface area contributed by atoms with Gasteiger partial charge in [-0.05, 0) is 61.2 Å². The summed E-state index contributed by atoms with van der Waals surface area (Å²) in [6, 6.07) is 10.4. The highest BCUT2D eigenvalue weighted by molar-refractivity contribution is 7.16. The van der Waals surface area contributed by atoms with Crippen molar-refractivity contribution < 1.29 is 9.59 Å². The van der Waals surface area contributed by atoms with E-state index in [1.807, 2.05) is 12.1 Å². The van der Waals surface area contributed by atoms with Gasteiger partial charge in [-0.3, -0.25) is 19.9 Å². The van der Waals surface area contributed by atoms with Crippen LogP contribution in [-0.2, 0) is 17.8 Å². The number of halogens is 1. The molecule has 3 aromatic rings. The first-order valence-electron chi connectivity index (χ1n) is 9.33. The van der Waals surface area contributed by atoms with E-state index in [4.69, 9.17) is 11.6 Å². The van der Waals surface area contributed by atoms with E-state index in [9.17, 15) is 9.59 Å². The molecule has 0 saturated carbocycles. The van der Waals surface area contributed by atoms with Crippen molar-refractivity contribution in [1.82, 2.24) is 15.3 Å². The van der Waals surface area contributed by atoms with E-state index in [1.54, 1.807) is 36.7 Å². The number of anilines is 1. The van der Waals surface area contributed by atoms with Crippen LogP contribution in [0.15, 0.2) is 48.8 Å². The lowest BCUT2D eigenvalue weighted by Gasteiger charge is -2.20. The van der Waals surface area contributed by atoms with Gasteiger partial charge in [-0.2, -0.15) is 0 Å². The summed E-state index contributed by atoms with van der Waals surface area (Å²) in [5.74, 6) is -0.576. The van der Waals surface area contributed by atoms with Crippen LogP contribution in [0.1, 0.15) is 45.3 Å². The standard InChI is InChI=1S/C21H19ClN4O2S/c22-15-6-4-14(5-7-15)19(27)26-21-25-18-16(2-1-3-17(18)29-21)20(28)24-12-13-8-10-23-11-9-13/h4-11,16H,1-3,12H2,(H,24,28)(H,25,26,27)/t16-/m1/s1. The molecule has 2 aromatic heterocycles. The summed E-state index contributed by atoms with van der Waals surface area (Å²) in [5, 5.41) is 6.92. The number of benzene rings is 1. The van der Waals surface area contributed by atoms with E-state index >= 15 is 0 Å². The number of fused-ring (bicyclic) bond motifs is 1. The molecule has 2 N–H and O–H groups in total. The molecule has 0 bridgehead atoms. The van der Waals surface area contributed by atoms with Gasteiger partial charge in [0, 0.05) is 34.4 Å². The van der Waals surface area contributed by atoms with Crippen LogP contribution in [0.5, 0.6) is 0 Å². The summed E-state index contributed by atoms with van der Waals surface area (Å²) < 4.78 is 0. The summed E-state index contributed by atoms with van der Waals surface area (Å²) >= 11 is 7.31. The number of nitrogens with one attached hydrogen (secondary N) is 2. The van der Waals surface area contributed by atoms with Gasteiger partial charge in [-0.25, -0.2) is 4.98 Å². The number of pyridine rings is 1. The number of aryl methyl sites for hydroxylation is 1. The molecule has 0 saturated heterocycles. The highest BCUT2D eigenvalue weighted by Gasteiger charge is 2.30. The Kier molecular flexibility index (Phi) is 5.87. The van der Waals surface area contributed by atoms with Crippen molar-refractivity contribution in [3.63, 3.8) is 0 Å². The van der Waals surface area contributed by atoms with Crippen LogP contribution in [-0.4, -0.2) is 21.8 Å². The van der Waals surface area contributed by atoms with Crippen LogP contribution >= 0.6 is 22.9 Å². The second-order valence-corrected chi connectivity index (χ2v) is 8.33. The molecular formula is C21H19ClN4O2S. The minimum Gasteiger partial charge on any atom is -0.351 e. The molecule has 0 fully saturated rings. The highest BCUT2D eigenvalue weighted by Crippen LogP contribution is 2.37. The van der Waals surface area contributed by atoms with Crippen molar-refractivity contribution in [2.45, 2.75) is 31.7 Å². The van der Waals surface area contributed by atoms with Gasteiger partial charge in [0.2, 0.25) is 5.91 Å². The Morgan fingerprint density at radius 2 is 1.90 bits per heavy atom. The zero-order valence-corrected chi connectivity index (χ0v) is 17.1. The maximum absolute atomic E-state index is 12.8. The Hall–Kier alpha value is -2.77. The van der Waals surface area contributed by atoms with Crippen LogP contribution < -0.4 is 10.6 Å². The molecule has 1 atom stereocenters. The highest BCUT2D eigenvalue weighted by atomic mass is 35.5. The lowest BCUT2D eigenvalue weighted by molar-refractivity contribution is -0.123. The van der Waals surface area contributed by atoms with Crippen molar-refractivity contribution in [2.75, 3.05) is 5.32 Å². The minimum atomic E-state index is -0.293. The van der Waals surface area contributed by atoms with Crippen molar-refractivity contribution in [2.24, 2.45) is 0 Å². The van der Waals surface area contributed by atoms with Gasteiger partial charge in [-0.1, -0.05) is 11.6 Å².